The van der Waals surface area contributed by atoms with Crippen LogP contribution in [0.4, 0.5) is 0 Å². The van der Waals surface area contributed by atoms with E-state index in [1.807, 2.05) is 36.1 Å². The second-order valence-electron chi connectivity index (χ2n) is 10.6. The van der Waals surface area contributed by atoms with Gasteiger partial charge in [-0.25, -0.2) is 0 Å². The highest BCUT2D eigenvalue weighted by atomic mass is 16.7. The van der Waals surface area contributed by atoms with E-state index in [0.717, 1.165) is 24.8 Å². The number of amides is 1. The summed E-state index contributed by atoms with van der Waals surface area (Å²) in [6.45, 7) is 11.1. The van der Waals surface area contributed by atoms with E-state index in [1.165, 1.54) is 0 Å². The van der Waals surface area contributed by atoms with Crippen molar-refractivity contribution in [2.75, 3.05) is 39.5 Å². The highest BCUT2D eigenvalue weighted by molar-refractivity contribution is 5.79. The molecular formula is C28H43N3O5. The normalized spacial score (nSPS) is 21.9. The van der Waals surface area contributed by atoms with Gasteiger partial charge in [0, 0.05) is 31.6 Å². The number of carbonyl (C=O) groups excluding carboxylic acids is 1. The highest BCUT2D eigenvalue weighted by Gasteiger charge is 2.48. The Hall–Kier alpha value is -2.58. The molecule has 0 spiro atoms. The monoisotopic (exact) mass is 501 g/mol. The number of aliphatic carboxylic acids is 1. The van der Waals surface area contributed by atoms with Crippen LogP contribution < -0.4 is 15.2 Å². The molecule has 1 aromatic rings. The van der Waals surface area contributed by atoms with Crippen LogP contribution in [0.25, 0.3) is 0 Å². The number of fused-ring (bicyclic) bond motifs is 1. The van der Waals surface area contributed by atoms with Gasteiger partial charge in [-0.3, -0.25) is 14.5 Å². The van der Waals surface area contributed by atoms with Crippen molar-refractivity contribution in [2.45, 2.75) is 65.3 Å². The molecule has 3 atom stereocenters. The number of nitrogens with two attached hydrogens (primary N) is 1. The zero-order chi connectivity index (χ0) is 26.3. The standard InChI is InChI=1S/C28H43N3O5/c1-5-7-13-30(14-8-12-29)25(32)18-31-17-21(20-9-10-23-24(15-20)36-19-35-23)26(27(33)34)22(31)16-28(3,4)11-6-2/h6,9-11,15,21-22,26H,5,7-8,12-14,16-19,29H2,1-4H3,(H,33,34)/b11-6+/t21-,22+,26-/m1/s1. The quantitative estimate of drug-likeness (QED) is 0.396. The van der Waals surface area contributed by atoms with Crippen molar-refractivity contribution >= 4 is 11.9 Å². The molecule has 3 N–H and O–H groups in total. The lowest BCUT2D eigenvalue weighted by molar-refractivity contribution is -0.144. The number of allylic oxidation sites excluding steroid dienone is 2. The lowest BCUT2D eigenvalue weighted by Crippen LogP contribution is -2.46. The predicted molar refractivity (Wildman–Crippen MR) is 140 cm³/mol. The van der Waals surface area contributed by atoms with Crippen LogP contribution in [0.15, 0.2) is 30.4 Å². The largest absolute Gasteiger partial charge is 0.481 e. The van der Waals surface area contributed by atoms with Gasteiger partial charge in [-0.05, 0) is 55.8 Å². The minimum atomic E-state index is -0.833. The number of likely N-dealkylation sites (tertiary alicyclic amines) is 1. The Morgan fingerprint density at radius 3 is 2.61 bits per heavy atom. The molecule has 0 radical (unpaired) electrons. The zero-order valence-electron chi connectivity index (χ0n) is 22.2. The number of unbranched alkanes of at least 4 members (excludes halogenated alkanes) is 1. The van der Waals surface area contributed by atoms with Crippen LogP contribution in [0.5, 0.6) is 11.5 Å². The maximum Gasteiger partial charge on any atom is 0.308 e. The molecule has 0 aliphatic carbocycles. The third-order valence-electron chi connectivity index (χ3n) is 7.32. The van der Waals surface area contributed by atoms with Crippen LogP contribution in [0, 0.1) is 11.3 Å². The highest BCUT2D eigenvalue weighted by Crippen LogP contribution is 2.45. The molecule has 8 nitrogen and oxygen atoms in total. The summed E-state index contributed by atoms with van der Waals surface area (Å²) in [6, 6.07) is 5.40. The molecule has 0 unspecified atom stereocenters. The van der Waals surface area contributed by atoms with Gasteiger partial charge in [0.1, 0.15) is 0 Å². The molecule has 8 heteroatoms. The third kappa shape index (κ3) is 6.79. The van der Waals surface area contributed by atoms with Crippen LogP contribution >= 0.6 is 0 Å². The van der Waals surface area contributed by atoms with Gasteiger partial charge in [0.15, 0.2) is 11.5 Å². The van der Waals surface area contributed by atoms with Crippen molar-refractivity contribution < 1.29 is 24.2 Å². The van der Waals surface area contributed by atoms with E-state index >= 15 is 0 Å². The number of carbonyl (C=O) groups is 2. The summed E-state index contributed by atoms with van der Waals surface area (Å²) in [5.41, 5.74) is 6.42. The van der Waals surface area contributed by atoms with Gasteiger partial charge in [-0.1, -0.05) is 45.4 Å². The number of benzene rings is 1. The Labute approximate surface area is 215 Å². The minimum Gasteiger partial charge on any atom is -0.481 e. The number of nitrogens with zero attached hydrogens (tertiary/aromatic N) is 2. The van der Waals surface area contributed by atoms with E-state index in [2.05, 4.69) is 31.7 Å². The first kappa shape index (κ1) is 28.0. The van der Waals surface area contributed by atoms with Crippen LogP contribution in [0.3, 0.4) is 0 Å². The molecule has 1 saturated heterocycles. The SMILES string of the molecule is C/C=C/C(C)(C)C[C@H]1[C@H](C(=O)O)[C@@H](c2ccc3c(c2)OCO3)CN1CC(=O)N(CCCC)CCCN. The summed E-state index contributed by atoms with van der Waals surface area (Å²) in [5, 5.41) is 10.4. The Morgan fingerprint density at radius 1 is 1.22 bits per heavy atom. The number of rotatable bonds is 13. The van der Waals surface area contributed by atoms with Crippen LogP contribution in [0.1, 0.15) is 64.9 Å². The maximum atomic E-state index is 13.5. The first-order chi connectivity index (χ1) is 17.2. The lowest BCUT2D eigenvalue weighted by atomic mass is 9.77. The molecule has 1 aromatic carbocycles. The smallest absolute Gasteiger partial charge is 0.308 e. The number of carboxylic acids is 1. The van der Waals surface area contributed by atoms with Crippen LogP contribution in [-0.2, 0) is 9.59 Å². The molecular weight excluding hydrogens is 458 g/mol. The summed E-state index contributed by atoms with van der Waals surface area (Å²) >= 11 is 0. The minimum absolute atomic E-state index is 0.0428. The van der Waals surface area contributed by atoms with Crippen molar-refractivity contribution in [1.29, 1.82) is 0 Å². The molecule has 2 aliphatic rings. The fourth-order valence-corrected chi connectivity index (χ4v) is 5.55. The molecule has 1 fully saturated rings. The summed E-state index contributed by atoms with van der Waals surface area (Å²) in [6.07, 6.45) is 7.46. The van der Waals surface area contributed by atoms with E-state index in [1.54, 1.807) is 0 Å². The van der Waals surface area contributed by atoms with Gasteiger partial charge in [-0.15, -0.1) is 0 Å². The van der Waals surface area contributed by atoms with Gasteiger partial charge >= 0.3 is 5.97 Å². The fourth-order valence-electron chi connectivity index (χ4n) is 5.55. The van der Waals surface area contributed by atoms with Crippen molar-refractivity contribution in [2.24, 2.45) is 17.1 Å². The van der Waals surface area contributed by atoms with E-state index in [4.69, 9.17) is 15.2 Å². The first-order valence-corrected chi connectivity index (χ1v) is 13.2. The van der Waals surface area contributed by atoms with Gasteiger partial charge in [0.25, 0.3) is 0 Å². The summed E-state index contributed by atoms with van der Waals surface area (Å²) in [5.74, 6) is -0.376. The summed E-state index contributed by atoms with van der Waals surface area (Å²) in [4.78, 5) is 30.2. The molecule has 200 valence electrons. The van der Waals surface area contributed by atoms with Crippen molar-refractivity contribution in [1.82, 2.24) is 9.80 Å². The zero-order valence-corrected chi connectivity index (χ0v) is 22.2. The Morgan fingerprint density at radius 2 is 1.94 bits per heavy atom. The van der Waals surface area contributed by atoms with Gasteiger partial charge in [0.05, 0.1) is 12.5 Å². The molecule has 1 amide bonds. The van der Waals surface area contributed by atoms with E-state index in [0.29, 0.717) is 44.1 Å². The second kappa shape index (κ2) is 12.6. The lowest BCUT2D eigenvalue weighted by Gasteiger charge is -2.34. The average molecular weight is 502 g/mol. The van der Waals surface area contributed by atoms with Gasteiger partial charge in [0.2, 0.25) is 12.7 Å². The maximum absolute atomic E-state index is 13.5. The molecule has 0 aromatic heterocycles. The third-order valence-corrected chi connectivity index (χ3v) is 7.32. The molecule has 2 aliphatic heterocycles. The number of hydrogen-bond acceptors (Lipinski definition) is 6. The van der Waals surface area contributed by atoms with E-state index in [9.17, 15) is 14.7 Å². The Bertz CT molecular complexity index is 924. The Kier molecular flexibility index (Phi) is 9.79. The van der Waals surface area contributed by atoms with Crippen molar-refractivity contribution in [3.8, 4) is 11.5 Å². The van der Waals surface area contributed by atoms with E-state index < -0.39 is 11.9 Å². The van der Waals surface area contributed by atoms with Gasteiger partial charge in [-0.2, -0.15) is 0 Å². The number of ether oxygens (including phenoxy) is 2. The molecule has 3 rings (SSSR count). The van der Waals surface area contributed by atoms with Gasteiger partial charge < -0.3 is 25.2 Å². The summed E-state index contributed by atoms with van der Waals surface area (Å²) < 4.78 is 11.0. The van der Waals surface area contributed by atoms with Crippen molar-refractivity contribution in [3.63, 3.8) is 0 Å². The first-order valence-electron chi connectivity index (χ1n) is 13.2. The molecule has 0 saturated carbocycles. The summed E-state index contributed by atoms with van der Waals surface area (Å²) in [7, 11) is 0. The number of hydrogen-bond donors (Lipinski definition) is 2. The second-order valence-corrected chi connectivity index (χ2v) is 10.6. The molecule has 36 heavy (non-hydrogen) atoms. The average Bonchev–Trinajstić information content (AvgIpc) is 3.43. The Balaban J connectivity index is 1.91. The predicted octanol–water partition coefficient (Wildman–Crippen LogP) is 3.85. The number of carboxylic acid groups (broad SMARTS) is 1. The van der Waals surface area contributed by atoms with Crippen LogP contribution in [-0.4, -0.2) is 72.3 Å². The van der Waals surface area contributed by atoms with Crippen LogP contribution in [0.2, 0.25) is 0 Å². The molecule has 2 heterocycles. The topological polar surface area (TPSA) is 105 Å². The fraction of sp³-hybridized carbons (Fsp3) is 0.643. The molecule has 0 bridgehead atoms. The van der Waals surface area contributed by atoms with E-state index in [-0.39, 0.29) is 36.6 Å². The van der Waals surface area contributed by atoms with Crippen molar-refractivity contribution in [3.05, 3.63) is 35.9 Å².